The van der Waals surface area contributed by atoms with E-state index < -0.39 is 0 Å². The number of rotatable bonds is 6. The first-order valence-electron chi connectivity index (χ1n) is 8.16. The van der Waals surface area contributed by atoms with Crippen molar-refractivity contribution < 1.29 is 0 Å². The Labute approximate surface area is 115 Å². The molecule has 0 spiro atoms. The summed E-state index contributed by atoms with van der Waals surface area (Å²) in [6, 6.07) is 1.49. The molecule has 1 fully saturated rings. The van der Waals surface area contributed by atoms with E-state index in [1.807, 2.05) is 0 Å². The fourth-order valence-corrected chi connectivity index (χ4v) is 3.49. The predicted molar refractivity (Wildman–Crippen MR) is 81.8 cm³/mol. The molecule has 0 aliphatic heterocycles. The van der Waals surface area contributed by atoms with Gasteiger partial charge >= 0.3 is 0 Å². The van der Waals surface area contributed by atoms with Gasteiger partial charge in [-0.2, -0.15) is 0 Å². The molecule has 0 bridgehead atoms. The summed E-state index contributed by atoms with van der Waals surface area (Å²) in [5.41, 5.74) is 0. The molecule has 3 atom stereocenters. The van der Waals surface area contributed by atoms with Crippen LogP contribution >= 0.6 is 0 Å². The van der Waals surface area contributed by atoms with E-state index in [2.05, 4.69) is 46.9 Å². The first kappa shape index (κ1) is 16.0. The van der Waals surface area contributed by atoms with E-state index in [1.165, 1.54) is 32.1 Å². The molecule has 108 valence electrons. The van der Waals surface area contributed by atoms with Gasteiger partial charge in [0.05, 0.1) is 0 Å². The average Bonchev–Trinajstić information content (AvgIpc) is 2.23. The van der Waals surface area contributed by atoms with Crippen LogP contribution in [0.2, 0.25) is 0 Å². The summed E-state index contributed by atoms with van der Waals surface area (Å²) >= 11 is 0. The van der Waals surface area contributed by atoms with Gasteiger partial charge in [-0.15, -0.1) is 0 Å². The normalized spacial score (nSPS) is 29.5. The average molecular weight is 253 g/mol. The van der Waals surface area contributed by atoms with Crippen molar-refractivity contribution in [3.05, 3.63) is 0 Å². The summed E-state index contributed by atoms with van der Waals surface area (Å²) < 4.78 is 0. The van der Waals surface area contributed by atoms with Gasteiger partial charge in [-0.1, -0.05) is 54.4 Å². The molecule has 1 heteroatoms. The number of hydrogen-bond donors (Lipinski definition) is 1. The van der Waals surface area contributed by atoms with Gasteiger partial charge < -0.3 is 5.32 Å². The summed E-state index contributed by atoms with van der Waals surface area (Å²) in [5.74, 6) is 3.35. The maximum absolute atomic E-state index is 4.00. The van der Waals surface area contributed by atoms with Crippen LogP contribution in [-0.2, 0) is 0 Å². The molecule has 0 amide bonds. The largest absolute Gasteiger partial charge is 0.311 e. The zero-order chi connectivity index (χ0) is 13.7. The Hall–Kier alpha value is -0.0400. The summed E-state index contributed by atoms with van der Waals surface area (Å²) in [5, 5.41) is 4.00. The molecule has 1 aliphatic rings. The van der Waals surface area contributed by atoms with Crippen molar-refractivity contribution in [1.82, 2.24) is 5.32 Å². The van der Waals surface area contributed by atoms with Crippen molar-refractivity contribution in [3.63, 3.8) is 0 Å². The summed E-state index contributed by atoms with van der Waals surface area (Å²) in [7, 11) is 0. The van der Waals surface area contributed by atoms with Crippen molar-refractivity contribution in [3.8, 4) is 0 Å². The van der Waals surface area contributed by atoms with E-state index in [-0.39, 0.29) is 0 Å². The molecule has 18 heavy (non-hydrogen) atoms. The molecule has 0 heterocycles. The predicted octanol–water partition coefficient (Wildman–Crippen LogP) is 4.86. The zero-order valence-electron chi connectivity index (χ0n) is 13.5. The second-order valence-electron chi connectivity index (χ2n) is 7.50. The maximum Gasteiger partial charge on any atom is 0.00978 e. The minimum absolute atomic E-state index is 0.725. The first-order valence-corrected chi connectivity index (χ1v) is 8.16. The monoisotopic (exact) mass is 253 g/mol. The van der Waals surface area contributed by atoms with Crippen molar-refractivity contribution >= 4 is 0 Å². The molecule has 0 aromatic carbocycles. The number of hydrogen-bond acceptors (Lipinski definition) is 1. The molecule has 0 aromatic heterocycles. The van der Waals surface area contributed by atoms with Gasteiger partial charge in [0.15, 0.2) is 0 Å². The fraction of sp³-hybridized carbons (Fsp3) is 1.00. The van der Waals surface area contributed by atoms with Crippen molar-refractivity contribution in [1.29, 1.82) is 0 Å². The van der Waals surface area contributed by atoms with Gasteiger partial charge in [0.2, 0.25) is 0 Å². The van der Waals surface area contributed by atoms with Gasteiger partial charge in [-0.3, -0.25) is 0 Å². The van der Waals surface area contributed by atoms with Crippen LogP contribution in [0.15, 0.2) is 0 Å². The lowest BCUT2D eigenvalue weighted by Gasteiger charge is -2.38. The summed E-state index contributed by atoms with van der Waals surface area (Å²) in [4.78, 5) is 0. The van der Waals surface area contributed by atoms with Gasteiger partial charge in [0.25, 0.3) is 0 Å². The topological polar surface area (TPSA) is 12.0 Å². The zero-order valence-corrected chi connectivity index (χ0v) is 13.5. The lowest BCUT2D eigenvalue weighted by atomic mass is 9.77. The molecular formula is C17H35N. The summed E-state index contributed by atoms with van der Waals surface area (Å²) in [6.45, 7) is 14.3. The highest BCUT2D eigenvalue weighted by atomic mass is 15.0. The van der Waals surface area contributed by atoms with Gasteiger partial charge in [0, 0.05) is 12.1 Å². The molecule has 0 radical (unpaired) electrons. The van der Waals surface area contributed by atoms with Crippen LogP contribution in [0.25, 0.3) is 0 Å². The van der Waals surface area contributed by atoms with Crippen molar-refractivity contribution in [2.45, 2.75) is 85.7 Å². The molecule has 0 aromatic rings. The van der Waals surface area contributed by atoms with Crippen LogP contribution in [0, 0.1) is 23.7 Å². The van der Waals surface area contributed by atoms with E-state index in [0.717, 1.165) is 35.8 Å². The highest BCUT2D eigenvalue weighted by molar-refractivity contribution is 4.85. The van der Waals surface area contributed by atoms with Crippen LogP contribution in [0.3, 0.4) is 0 Å². The third-order valence-corrected chi connectivity index (χ3v) is 4.67. The molecule has 1 nitrogen and oxygen atoms in total. The van der Waals surface area contributed by atoms with Gasteiger partial charge in [0.1, 0.15) is 0 Å². The Kier molecular flexibility index (Phi) is 6.70. The minimum atomic E-state index is 0.725. The third-order valence-electron chi connectivity index (χ3n) is 4.67. The third kappa shape index (κ3) is 5.30. The lowest BCUT2D eigenvalue weighted by Crippen LogP contribution is -2.46. The Morgan fingerprint density at radius 3 is 2.00 bits per heavy atom. The summed E-state index contributed by atoms with van der Waals surface area (Å²) in [6.07, 6.45) is 6.89. The molecule has 3 unspecified atom stereocenters. The molecular weight excluding hydrogens is 218 g/mol. The second-order valence-corrected chi connectivity index (χ2v) is 7.50. The minimum Gasteiger partial charge on any atom is -0.311 e. The molecule has 1 saturated carbocycles. The Balaban J connectivity index is 2.52. The highest BCUT2D eigenvalue weighted by Crippen LogP contribution is 2.30. The van der Waals surface area contributed by atoms with Crippen molar-refractivity contribution in [2.24, 2.45) is 23.7 Å². The molecule has 1 aliphatic carbocycles. The van der Waals surface area contributed by atoms with Crippen LogP contribution in [0.5, 0.6) is 0 Å². The molecule has 0 saturated heterocycles. The van der Waals surface area contributed by atoms with E-state index in [1.54, 1.807) is 0 Å². The highest BCUT2D eigenvalue weighted by Gasteiger charge is 2.28. The second kappa shape index (κ2) is 7.53. The fourth-order valence-electron chi connectivity index (χ4n) is 3.49. The smallest absolute Gasteiger partial charge is 0.00978 e. The number of nitrogens with one attached hydrogen (secondary N) is 1. The lowest BCUT2D eigenvalue weighted by molar-refractivity contribution is 0.180. The van der Waals surface area contributed by atoms with E-state index >= 15 is 0 Å². The van der Waals surface area contributed by atoms with E-state index in [9.17, 15) is 0 Å². The van der Waals surface area contributed by atoms with Crippen LogP contribution in [0.4, 0.5) is 0 Å². The van der Waals surface area contributed by atoms with E-state index in [4.69, 9.17) is 0 Å². The molecule has 1 N–H and O–H groups in total. The van der Waals surface area contributed by atoms with Crippen LogP contribution in [-0.4, -0.2) is 12.1 Å². The SMILES string of the molecule is CC(C)CC(CC(C)C)NC1CCCC(C)C1C. The quantitative estimate of drug-likeness (QED) is 0.712. The van der Waals surface area contributed by atoms with Gasteiger partial charge in [-0.25, -0.2) is 0 Å². The van der Waals surface area contributed by atoms with Crippen LogP contribution in [0.1, 0.15) is 73.6 Å². The van der Waals surface area contributed by atoms with Gasteiger partial charge in [-0.05, 0) is 42.9 Å². The first-order chi connectivity index (χ1) is 8.40. The Morgan fingerprint density at radius 1 is 0.944 bits per heavy atom. The van der Waals surface area contributed by atoms with E-state index in [0.29, 0.717) is 0 Å². The standard InChI is InChI=1S/C17H35N/c1-12(2)10-16(11-13(3)4)18-17-9-7-8-14(5)15(17)6/h12-18H,7-11H2,1-6H3. The Morgan fingerprint density at radius 2 is 1.50 bits per heavy atom. The molecule has 1 rings (SSSR count). The van der Waals surface area contributed by atoms with Crippen LogP contribution < -0.4 is 5.32 Å². The maximum atomic E-state index is 4.00. The Bertz CT molecular complexity index is 212. The van der Waals surface area contributed by atoms with Crippen molar-refractivity contribution in [2.75, 3.05) is 0 Å².